The average Bonchev–Trinajstić information content (AvgIpc) is 2.71. The van der Waals surface area contributed by atoms with E-state index in [2.05, 4.69) is 46.1 Å². The normalized spacial score (nSPS) is 10.7. The lowest BCUT2D eigenvalue weighted by Crippen LogP contribution is -2.38. The molecule has 0 fully saturated rings. The first-order chi connectivity index (χ1) is 13.6. The van der Waals surface area contributed by atoms with Crippen LogP contribution in [0.15, 0.2) is 47.5 Å². The summed E-state index contributed by atoms with van der Waals surface area (Å²) in [5, 5.41) is 9.28. The van der Waals surface area contributed by atoms with Crippen LogP contribution in [0.3, 0.4) is 0 Å². The molecule has 0 aliphatic carbocycles. The Labute approximate surface area is 190 Å². The number of halogens is 1. The minimum atomic E-state index is -0.0736. The highest BCUT2D eigenvalue weighted by molar-refractivity contribution is 14.0. The molecule has 0 saturated carbocycles. The van der Waals surface area contributed by atoms with Crippen molar-refractivity contribution < 1.29 is 9.53 Å². The van der Waals surface area contributed by atoms with E-state index in [1.54, 1.807) is 14.1 Å². The number of benzene rings is 2. The molecule has 0 saturated heterocycles. The minimum Gasteiger partial charge on any atom is -0.494 e. The van der Waals surface area contributed by atoms with Gasteiger partial charge in [-0.15, -0.1) is 24.0 Å². The first-order valence-electron chi connectivity index (χ1n) is 9.55. The zero-order valence-corrected chi connectivity index (χ0v) is 19.9. The van der Waals surface area contributed by atoms with Gasteiger partial charge in [-0.25, -0.2) is 0 Å². The third-order valence-electron chi connectivity index (χ3n) is 4.31. The van der Waals surface area contributed by atoms with E-state index in [9.17, 15) is 4.79 Å². The summed E-state index contributed by atoms with van der Waals surface area (Å²) in [6.45, 7) is 6.02. The van der Waals surface area contributed by atoms with Crippen molar-refractivity contribution in [3.8, 4) is 5.75 Å². The zero-order chi connectivity index (χ0) is 20.4. The van der Waals surface area contributed by atoms with Gasteiger partial charge in [0.05, 0.1) is 6.61 Å². The maximum Gasteiger partial charge on any atom is 0.251 e. The Morgan fingerprint density at radius 3 is 2.62 bits per heavy atom. The summed E-state index contributed by atoms with van der Waals surface area (Å²) >= 11 is 0. The van der Waals surface area contributed by atoms with Gasteiger partial charge in [-0.2, -0.15) is 0 Å². The Morgan fingerprint density at radius 1 is 1.14 bits per heavy atom. The first-order valence-corrected chi connectivity index (χ1v) is 9.55. The number of nitrogens with one attached hydrogen (secondary N) is 3. The molecule has 3 N–H and O–H groups in total. The molecule has 0 bridgehead atoms. The second kappa shape index (κ2) is 13.0. The molecule has 0 spiro atoms. The summed E-state index contributed by atoms with van der Waals surface area (Å²) < 4.78 is 5.73. The van der Waals surface area contributed by atoms with Crippen LogP contribution in [0.1, 0.15) is 34.0 Å². The summed E-state index contributed by atoms with van der Waals surface area (Å²) in [7, 11) is 3.39. The molecular formula is C22H31IN4O2. The smallest absolute Gasteiger partial charge is 0.251 e. The standard InChI is InChI=1S/C22H30N4O2.HI/c1-5-28-20-13-16(2)9-10-19(20)15-26-22(24-4)25-12-11-17-7-6-8-18(14-17)21(27)23-3;/h6-10,13-14H,5,11-12,15H2,1-4H3,(H,23,27)(H2,24,25,26);1H. The highest BCUT2D eigenvalue weighted by atomic mass is 127. The van der Waals surface area contributed by atoms with Crippen molar-refractivity contribution in [2.24, 2.45) is 4.99 Å². The molecule has 1 amide bonds. The molecule has 2 aromatic carbocycles. The molecule has 0 aliphatic heterocycles. The van der Waals surface area contributed by atoms with Gasteiger partial charge in [0.1, 0.15) is 5.75 Å². The van der Waals surface area contributed by atoms with Crippen molar-refractivity contribution in [3.05, 3.63) is 64.7 Å². The van der Waals surface area contributed by atoms with Crippen LogP contribution in [0.5, 0.6) is 5.75 Å². The number of carbonyl (C=O) groups is 1. The molecule has 0 unspecified atom stereocenters. The zero-order valence-electron chi connectivity index (χ0n) is 17.5. The Kier molecular flexibility index (Phi) is 11.1. The van der Waals surface area contributed by atoms with E-state index < -0.39 is 0 Å². The molecule has 0 aromatic heterocycles. The van der Waals surface area contributed by atoms with Gasteiger partial charge >= 0.3 is 0 Å². The van der Waals surface area contributed by atoms with Crippen molar-refractivity contribution in [2.45, 2.75) is 26.8 Å². The van der Waals surface area contributed by atoms with Crippen LogP contribution >= 0.6 is 24.0 Å². The maximum atomic E-state index is 11.7. The molecule has 7 heteroatoms. The van der Waals surface area contributed by atoms with Crippen LogP contribution in [0.2, 0.25) is 0 Å². The number of aliphatic imine (C=N–C) groups is 1. The molecule has 0 aliphatic rings. The quantitative estimate of drug-likeness (QED) is 0.290. The lowest BCUT2D eigenvalue weighted by molar-refractivity contribution is 0.0963. The van der Waals surface area contributed by atoms with E-state index in [0.29, 0.717) is 25.3 Å². The lowest BCUT2D eigenvalue weighted by atomic mass is 10.1. The minimum absolute atomic E-state index is 0. The summed E-state index contributed by atoms with van der Waals surface area (Å²) in [4.78, 5) is 16.0. The van der Waals surface area contributed by atoms with Crippen LogP contribution in [0.4, 0.5) is 0 Å². The van der Waals surface area contributed by atoms with Gasteiger partial charge in [0.15, 0.2) is 5.96 Å². The number of hydrogen-bond acceptors (Lipinski definition) is 3. The van der Waals surface area contributed by atoms with E-state index in [4.69, 9.17) is 4.74 Å². The summed E-state index contributed by atoms with van der Waals surface area (Å²) in [5.74, 6) is 1.55. The van der Waals surface area contributed by atoms with Gasteiger partial charge in [-0.3, -0.25) is 9.79 Å². The fourth-order valence-electron chi connectivity index (χ4n) is 2.83. The fraction of sp³-hybridized carbons (Fsp3) is 0.364. The Balaban J connectivity index is 0.00000420. The van der Waals surface area contributed by atoms with Gasteiger partial charge in [-0.05, 0) is 49.6 Å². The van der Waals surface area contributed by atoms with Crippen LogP contribution in [0.25, 0.3) is 0 Å². The summed E-state index contributed by atoms with van der Waals surface area (Å²) in [5.41, 5.74) is 4.04. The topological polar surface area (TPSA) is 74.8 Å². The van der Waals surface area contributed by atoms with Gasteiger partial charge in [0.25, 0.3) is 5.91 Å². The monoisotopic (exact) mass is 510 g/mol. The third-order valence-corrected chi connectivity index (χ3v) is 4.31. The Hall–Kier alpha value is -2.29. The number of guanidine groups is 1. The van der Waals surface area contributed by atoms with Crippen molar-refractivity contribution in [3.63, 3.8) is 0 Å². The fourth-order valence-corrected chi connectivity index (χ4v) is 2.83. The molecule has 0 radical (unpaired) electrons. The van der Waals surface area contributed by atoms with Gasteiger partial charge in [0.2, 0.25) is 0 Å². The number of nitrogens with zero attached hydrogens (tertiary/aromatic N) is 1. The second-order valence-corrected chi connectivity index (χ2v) is 6.43. The van der Waals surface area contributed by atoms with Crippen LogP contribution in [-0.2, 0) is 13.0 Å². The lowest BCUT2D eigenvalue weighted by Gasteiger charge is -2.15. The van der Waals surface area contributed by atoms with Crippen molar-refractivity contribution >= 4 is 35.8 Å². The van der Waals surface area contributed by atoms with Crippen molar-refractivity contribution in [1.29, 1.82) is 0 Å². The molecule has 29 heavy (non-hydrogen) atoms. The van der Waals surface area contributed by atoms with Crippen LogP contribution < -0.4 is 20.7 Å². The van der Waals surface area contributed by atoms with Gasteiger partial charge in [-0.1, -0.05) is 24.3 Å². The van der Waals surface area contributed by atoms with Crippen molar-refractivity contribution in [2.75, 3.05) is 27.2 Å². The maximum absolute atomic E-state index is 11.7. The molecule has 2 rings (SSSR count). The summed E-state index contributed by atoms with van der Waals surface area (Å²) in [6.07, 6.45) is 0.792. The SMILES string of the molecule is CCOc1cc(C)ccc1CNC(=NC)NCCc1cccc(C(=O)NC)c1.I. The van der Waals surface area contributed by atoms with E-state index in [1.807, 2.05) is 31.2 Å². The highest BCUT2D eigenvalue weighted by Crippen LogP contribution is 2.20. The molecule has 0 heterocycles. The van der Waals surface area contributed by atoms with Crippen molar-refractivity contribution in [1.82, 2.24) is 16.0 Å². The third kappa shape index (κ3) is 7.92. The molecule has 158 valence electrons. The van der Waals surface area contributed by atoms with E-state index in [0.717, 1.165) is 29.3 Å². The molecule has 2 aromatic rings. The Morgan fingerprint density at radius 2 is 1.93 bits per heavy atom. The van der Waals surface area contributed by atoms with Gasteiger partial charge < -0.3 is 20.7 Å². The average molecular weight is 510 g/mol. The summed E-state index contributed by atoms with van der Waals surface area (Å²) in [6, 6.07) is 13.9. The predicted molar refractivity (Wildman–Crippen MR) is 130 cm³/mol. The first kappa shape index (κ1) is 24.7. The van der Waals surface area contributed by atoms with E-state index in [-0.39, 0.29) is 29.9 Å². The number of amides is 1. The molecule has 0 atom stereocenters. The second-order valence-electron chi connectivity index (χ2n) is 6.43. The van der Waals surface area contributed by atoms with Crippen LogP contribution in [-0.4, -0.2) is 39.1 Å². The molecule has 6 nitrogen and oxygen atoms in total. The largest absolute Gasteiger partial charge is 0.494 e. The van der Waals surface area contributed by atoms with Crippen LogP contribution in [0, 0.1) is 6.92 Å². The number of rotatable bonds is 8. The number of hydrogen-bond donors (Lipinski definition) is 3. The van der Waals surface area contributed by atoms with Gasteiger partial charge in [0, 0.05) is 38.3 Å². The number of aryl methyl sites for hydroxylation is 1. The van der Waals surface area contributed by atoms with E-state index >= 15 is 0 Å². The molecular weight excluding hydrogens is 479 g/mol. The highest BCUT2D eigenvalue weighted by Gasteiger charge is 2.06. The Bertz CT molecular complexity index is 824. The van der Waals surface area contributed by atoms with E-state index in [1.165, 1.54) is 5.56 Å². The predicted octanol–water partition coefficient (Wildman–Crippen LogP) is 3.28. The number of carbonyl (C=O) groups excluding carboxylic acids is 1. The number of ether oxygens (including phenoxy) is 1.